The normalized spacial score (nSPS) is 21.8. The lowest BCUT2D eigenvalue weighted by Gasteiger charge is -2.22. The van der Waals surface area contributed by atoms with E-state index in [-0.39, 0.29) is 22.3 Å². The molecule has 2 N–H and O–H groups in total. The number of aromatic nitrogens is 1. The quantitative estimate of drug-likeness (QED) is 0.859. The van der Waals surface area contributed by atoms with E-state index < -0.39 is 0 Å². The Balaban J connectivity index is 1.58. The molecule has 0 radical (unpaired) electrons. The van der Waals surface area contributed by atoms with E-state index in [0.717, 1.165) is 6.42 Å². The molecule has 5 nitrogen and oxygen atoms in total. The van der Waals surface area contributed by atoms with Gasteiger partial charge in [0.25, 0.3) is 5.56 Å². The minimum absolute atomic E-state index is 0.0184. The van der Waals surface area contributed by atoms with Gasteiger partial charge in [0.1, 0.15) is 5.76 Å². The lowest BCUT2D eigenvalue weighted by atomic mass is 9.88. The van der Waals surface area contributed by atoms with Gasteiger partial charge < -0.3 is 9.84 Å². The van der Waals surface area contributed by atoms with Crippen molar-refractivity contribution in [2.24, 2.45) is 5.41 Å². The van der Waals surface area contributed by atoms with Crippen molar-refractivity contribution in [2.75, 3.05) is 6.54 Å². The van der Waals surface area contributed by atoms with Crippen LogP contribution in [-0.4, -0.2) is 17.6 Å². The lowest BCUT2D eigenvalue weighted by Crippen LogP contribution is -2.34. The summed E-state index contributed by atoms with van der Waals surface area (Å²) in [5, 5.41) is 5.28. The zero-order valence-electron chi connectivity index (χ0n) is 13.5. The minimum Gasteiger partial charge on any atom is -0.384 e. The van der Waals surface area contributed by atoms with Crippen LogP contribution in [0.15, 0.2) is 45.7 Å². The van der Waals surface area contributed by atoms with Crippen LogP contribution in [0.25, 0.3) is 0 Å². The van der Waals surface area contributed by atoms with Gasteiger partial charge in [-0.2, -0.15) is 5.16 Å². The summed E-state index contributed by atoms with van der Waals surface area (Å²) in [7, 11) is 0. The van der Waals surface area contributed by atoms with E-state index in [9.17, 15) is 9.59 Å². The van der Waals surface area contributed by atoms with E-state index in [1.54, 1.807) is 0 Å². The van der Waals surface area contributed by atoms with Crippen molar-refractivity contribution in [3.05, 3.63) is 58.1 Å². The van der Waals surface area contributed by atoms with Gasteiger partial charge in [-0.05, 0) is 17.4 Å². The number of benzene rings is 1. The molecule has 23 heavy (non-hydrogen) atoms. The van der Waals surface area contributed by atoms with Crippen LogP contribution in [0.3, 0.4) is 0 Å². The number of carbonyl (C=O) groups is 1. The fraction of sp³-hybridized carbons (Fsp3) is 0.444. The maximum Gasteiger partial charge on any atom is 0.280 e. The van der Waals surface area contributed by atoms with E-state index >= 15 is 0 Å². The Bertz CT molecular complexity index is 745. The fourth-order valence-electron chi connectivity index (χ4n) is 3.38. The van der Waals surface area contributed by atoms with Crippen LogP contribution in [0, 0.1) is 5.41 Å². The Morgan fingerprint density at radius 3 is 2.57 bits per heavy atom. The van der Waals surface area contributed by atoms with E-state index in [2.05, 4.69) is 36.5 Å². The Hall–Kier alpha value is -2.30. The van der Waals surface area contributed by atoms with Gasteiger partial charge in [0.15, 0.2) is 0 Å². The smallest absolute Gasteiger partial charge is 0.280 e. The first-order valence-corrected chi connectivity index (χ1v) is 7.93. The molecule has 122 valence electrons. The molecule has 1 heterocycles. The zero-order valence-corrected chi connectivity index (χ0v) is 13.5. The topological polar surface area (TPSA) is 75.1 Å². The van der Waals surface area contributed by atoms with Gasteiger partial charge >= 0.3 is 0 Å². The summed E-state index contributed by atoms with van der Waals surface area (Å²) in [5.41, 5.74) is 1.21. The first-order chi connectivity index (χ1) is 10.9. The molecule has 0 bridgehead atoms. The predicted molar refractivity (Wildman–Crippen MR) is 87.2 cm³/mol. The van der Waals surface area contributed by atoms with Crippen molar-refractivity contribution in [3.63, 3.8) is 0 Å². The van der Waals surface area contributed by atoms with Crippen LogP contribution in [-0.2, 0) is 16.6 Å². The summed E-state index contributed by atoms with van der Waals surface area (Å²) in [5.74, 6) is 0.488. The third kappa shape index (κ3) is 3.09. The van der Waals surface area contributed by atoms with Crippen molar-refractivity contribution in [3.8, 4) is 0 Å². The fourth-order valence-corrected chi connectivity index (χ4v) is 3.38. The van der Waals surface area contributed by atoms with E-state index in [1.165, 1.54) is 11.6 Å². The van der Waals surface area contributed by atoms with Crippen molar-refractivity contribution >= 4 is 5.91 Å². The summed E-state index contributed by atoms with van der Waals surface area (Å²) in [6.45, 7) is 5.11. The van der Waals surface area contributed by atoms with Gasteiger partial charge in [0.05, 0.1) is 0 Å². The van der Waals surface area contributed by atoms with Crippen molar-refractivity contribution in [1.82, 2.24) is 10.5 Å². The second kappa shape index (κ2) is 5.72. The predicted octanol–water partition coefficient (Wildman–Crippen LogP) is 2.38. The Morgan fingerprint density at radius 2 is 2.00 bits per heavy atom. The molecule has 1 aromatic carbocycles. The molecule has 1 aliphatic carbocycles. The lowest BCUT2D eigenvalue weighted by molar-refractivity contribution is -0.121. The molecule has 5 heteroatoms. The first-order valence-electron chi connectivity index (χ1n) is 7.93. The third-order valence-electron chi connectivity index (χ3n) is 5.00. The number of rotatable bonds is 6. The highest BCUT2D eigenvalue weighted by atomic mass is 16.5. The number of carbonyl (C=O) groups excluding carboxylic acids is 1. The molecule has 1 fully saturated rings. The van der Waals surface area contributed by atoms with Crippen LogP contribution >= 0.6 is 0 Å². The Labute approximate surface area is 135 Å². The molecule has 1 saturated carbocycles. The number of aromatic amines is 1. The molecule has 0 spiro atoms. The summed E-state index contributed by atoms with van der Waals surface area (Å²) in [6.07, 6.45) is 1.80. The van der Waals surface area contributed by atoms with Gasteiger partial charge in [-0.3, -0.25) is 9.59 Å². The Kier molecular flexibility index (Phi) is 3.88. The molecule has 3 rings (SSSR count). The molecule has 0 saturated heterocycles. The number of H-pyrrole nitrogens is 1. The third-order valence-corrected chi connectivity index (χ3v) is 5.00. The SMILES string of the molecule is CC1(C)C[C@]1(CNC(=O)CCc1cc(=O)[nH]o1)c1ccccc1. The number of hydrogen-bond acceptors (Lipinski definition) is 3. The van der Waals surface area contributed by atoms with E-state index in [0.29, 0.717) is 25.1 Å². The molecular formula is C18H22N2O3. The Morgan fingerprint density at radius 1 is 1.30 bits per heavy atom. The maximum absolute atomic E-state index is 12.1. The number of amides is 1. The van der Waals surface area contributed by atoms with Crippen LogP contribution in [0.2, 0.25) is 0 Å². The highest BCUT2D eigenvalue weighted by Gasteiger charge is 2.61. The second-order valence-corrected chi connectivity index (χ2v) is 6.96. The van der Waals surface area contributed by atoms with Gasteiger partial charge in [0.2, 0.25) is 5.91 Å². The van der Waals surface area contributed by atoms with Gasteiger partial charge in [-0.25, -0.2) is 0 Å². The maximum atomic E-state index is 12.1. The molecular weight excluding hydrogens is 292 g/mol. The molecule has 0 unspecified atom stereocenters. The molecule has 0 aliphatic heterocycles. The van der Waals surface area contributed by atoms with E-state index in [4.69, 9.17) is 4.52 Å². The first kappa shape index (κ1) is 15.6. The van der Waals surface area contributed by atoms with Crippen LogP contribution in [0.1, 0.15) is 38.0 Å². The molecule has 1 aliphatic rings. The average molecular weight is 314 g/mol. The zero-order chi connectivity index (χ0) is 16.5. The van der Waals surface area contributed by atoms with Gasteiger partial charge in [-0.1, -0.05) is 44.2 Å². The number of aryl methyl sites for hydroxylation is 1. The van der Waals surface area contributed by atoms with Crippen molar-refractivity contribution < 1.29 is 9.32 Å². The minimum atomic E-state index is -0.275. The van der Waals surface area contributed by atoms with Gasteiger partial charge in [0, 0.05) is 30.9 Å². The highest BCUT2D eigenvalue weighted by molar-refractivity contribution is 5.76. The van der Waals surface area contributed by atoms with Gasteiger partial charge in [-0.15, -0.1) is 0 Å². The van der Waals surface area contributed by atoms with Crippen molar-refractivity contribution in [2.45, 2.75) is 38.5 Å². The molecule has 1 atom stereocenters. The summed E-state index contributed by atoms with van der Waals surface area (Å²) in [4.78, 5) is 23.1. The molecule has 1 aromatic heterocycles. The number of nitrogens with one attached hydrogen (secondary N) is 2. The average Bonchev–Trinajstić information content (AvgIpc) is 2.87. The summed E-state index contributed by atoms with van der Waals surface area (Å²) in [6, 6.07) is 11.7. The highest BCUT2D eigenvalue weighted by Crippen LogP contribution is 2.63. The molecule has 1 amide bonds. The summed E-state index contributed by atoms with van der Waals surface area (Å²) >= 11 is 0. The summed E-state index contributed by atoms with van der Waals surface area (Å²) < 4.78 is 4.96. The van der Waals surface area contributed by atoms with Crippen LogP contribution in [0.5, 0.6) is 0 Å². The van der Waals surface area contributed by atoms with Crippen molar-refractivity contribution in [1.29, 1.82) is 0 Å². The second-order valence-electron chi connectivity index (χ2n) is 6.96. The monoisotopic (exact) mass is 314 g/mol. The largest absolute Gasteiger partial charge is 0.384 e. The standard InChI is InChI=1S/C18H22N2O3/c1-17(2)11-18(17,13-6-4-3-5-7-13)12-19-15(21)9-8-14-10-16(22)20-23-14/h3-7,10H,8-9,11-12H2,1-2H3,(H,19,21)(H,20,22)/t18-/m0/s1. The number of hydrogen-bond donors (Lipinski definition) is 2. The molecule has 2 aromatic rings. The van der Waals surface area contributed by atoms with Crippen LogP contribution in [0.4, 0.5) is 0 Å². The van der Waals surface area contributed by atoms with E-state index in [1.807, 2.05) is 18.2 Å². The van der Waals surface area contributed by atoms with Crippen LogP contribution < -0.4 is 10.9 Å².